The van der Waals surface area contributed by atoms with E-state index in [0.29, 0.717) is 5.39 Å². The lowest BCUT2D eigenvalue weighted by Crippen LogP contribution is -2.11. The Hall–Kier alpha value is -1.65. The highest BCUT2D eigenvalue weighted by Crippen LogP contribution is 2.23. The van der Waals surface area contributed by atoms with Gasteiger partial charge in [-0.15, -0.1) is 0 Å². The van der Waals surface area contributed by atoms with E-state index in [2.05, 4.69) is 10.2 Å². The largest absolute Gasteiger partial charge is 0.393 e. The lowest BCUT2D eigenvalue weighted by Gasteiger charge is -2.06. The van der Waals surface area contributed by atoms with Crippen LogP contribution in [0.4, 0.5) is 13.2 Å². The van der Waals surface area contributed by atoms with Crippen LogP contribution in [0.1, 0.15) is 5.56 Å². The minimum absolute atomic E-state index is 0.239. The first kappa shape index (κ1) is 9.89. The predicted octanol–water partition coefficient (Wildman–Crippen LogP) is 2.73. The molecular formula is C10H7F3N2. The van der Waals surface area contributed by atoms with Crippen molar-refractivity contribution >= 4 is 10.8 Å². The predicted molar refractivity (Wildman–Crippen MR) is 49.3 cm³/mol. The molecule has 78 valence electrons. The molecule has 2 aromatic rings. The fraction of sp³-hybridized carbons (Fsp3) is 0.200. The van der Waals surface area contributed by atoms with E-state index in [9.17, 15) is 13.2 Å². The van der Waals surface area contributed by atoms with E-state index in [0.717, 1.165) is 5.39 Å². The summed E-state index contributed by atoms with van der Waals surface area (Å²) in [5.41, 5.74) is 0.239. The van der Waals surface area contributed by atoms with Crippen molar-refractivity contribution in [2.45, 2.75) is 12.6 Å². The molecule has 2 rings (SSSR count). The highest BCUT2D eigenvalue weighted by molar-refractivity contribution is 5.81. The quantitative estimate of drug-likeness (QED) is 0.726. The zero-order chi connectivity index (χ0) is 10.9. The highest BCUT2D eigenvalue weighted by Gasteiger charge is 2.27. The van der Waals surface area contributed by atoms with E-state index in [1.165, 1.54) is 24.5 Å². The molecule has 0 amide bonds. The molecule has 1 heterocycles. The van der Waals surface area contributed by atoms with Crippen LogP contribution in [0.5, 0.6) is 0 Å². The second-order valence-electron chi connectivity index (χ2n) is 3.24. The first-order valence-electron chi connectivity index (χ1n) is 4.31. The van der Waals surface area contributed by atoms with E-state index < -0.39 is 12.6 Å². The molecule has 2 nitrogen and oxygen atoms in total. The summed E-state index contributed by atoms with van der Waals surface area (Å²) in [6, 6.07) is 4.56. The zero-order valence-corrected chi connectivity index (χ0v) is 7.62. The van der Waals surface area contributed by atoms with Crippen LogP contribution in [-0.2, 0) is 6.42 Å². The van der Waals surface area contributed by atoms with Gasteiger partial charge >= 0.3 is 6.18 Å². The Balaban J connectivity index is 2.39. The summed E-state index contributed by atoms with van der Waals surface area (Å²) in [7, 11) is 0. The van der Waals surface area contributed by atoms with Crippen molar-refractivity contribution in [2.24, 2.45) is 0 Å². The molecule has 0 atom stereocenters. The van der Waals surface area contributed by atoms with Crippen molar-refractivity contribution in [2.75, 3.05) is 0 Å². The lowest BCUT2D eigenvalue weighted by atomic mass is 10.1. The minimum atomic E-state index is -4.17. The van der Waals surface area contributed by atoms with E-state index in [1.807, 2.05) is 0 Å². The van der Waals surface area contributed by atoms with Gasteiger partial charge in [0, 0.05) is 10.8 Å². The van der Waals surface area contributed by atoms with Gasteiger partial charge in [-0.1, -0.05) is 12.1 Å². The van der Waals surface area contributed by atoms with Crippen molar-refractivity contribution < 1.29 is 13.2 Å². The Labute approximate surface area is 83.7 Å². The molecule has 15 heavy (non-hydrogen) atoms. The third kappa shape index (κ3) is 2.43. The molecule has 0 aliphatic heterocycles. The lowest BCUT2D eigenvalue weighted by molar-refractivity contribution is -0.127. The molecule has 1 aromatic heterocycles. The Morgan fingerprint density at radius 3 is 2.33 bits per heavy atom. The van der Waals surface area contributed by atoms with Crippen LogP contribution < -0.4 is 0 Å². The summed E-state index contributed by atoms with van der Waals surface area (Å²) in [5.74, 6) is 0. The molecule has 0 aliphatic rings. The second kappa shape index (κ2) is 3.49. The van der Waals surface area contributed by atoms with Crippen LogP contribution in [0.2, 0.25) is 0 Å². The van der Waals surface area contributed by atoms with Gasteiger partial charge in [0.2, 0.25) is 0 Å². The van der Waals surface area contributed by atoms with Crippen LogP contribution in [0.15, 0.2) is 30.6 Å². The van der Waals surface area contributed by atoms with Crippen molar-refractivity contribution in [1.82, 2.24) is 10.2 Å². The fourth-order valence-corrected chi connectivity index (χ4v) is 1.39. The minimum Gasteiger partial charge on any atom is -0.171 e. The molecule has 0 aliphatic carbocycles. The average molecular weight is 212 g/mol. The monoisotopic (exact) mass is 212 g/mol. The molecule has 0 radical (unpaired) electrons. The first-order valence-corrected chi connectivity index (χ1v) is 4.31. The van der Waals surface area contributed by atoms with Gasteiger partial charge in [0.05, 0.1) is 18.8 Å². The van der Waals surface area contributed by atoms with Gasteiger partial charge in [-0.3, -0.25) is 0 Å². The molecule has 0 fully saturated rings. The van der Waals surface area contributed by atoms with E-state index in [1.54, 1.807) is 6.07 Å². The van der Waals surface area contributed by atoms with Gasteiger partial charge < -0.3 is 0 Å². The fourth-order valence-electron chi connectivity index (χ4n) is 1.39. The van der Waals surface area contributed by atoms with Gasteiger partial charge in [0.25, 0.3) is 0 Å². The molecule has 5 heteroatoms. The number of rotatable bonds is 1. The number of nitrogens with zero attached hydrogens (tertiary/aromatic N) is 2. The molecular weight excluding hydrogens is 205 g/mol. The maximum absolute atomic E-state index is 12.1. The number of hydrogen-bond donors (Lipinski definition) is 0. The van der Waals surface area contributed by atoms with Crippen molar-refractivity contribution in [3.63, 3.8) is 0 Å². The van der Waals surface area contributed by atoms with Gasteiger partial charge in [-0.25, -0.2) is 0 Å². The maximum Gasteiger partial charge on any atom is 0.393 e. The Bertz CT molecular complexity index is 479. The maximum atomic E-state index is 12.1. The third-order valence-electron chi connectivity index (χ3n) is 2.02. The van der Waals surface area contributed by atoms with E-state index in [-0.39, 0.29) is 5.56 Å². The first-order chi connectivity index (χ1) is 7.04. The number of fused-ring (bicyclic) bond motifs is 1. The summed E-state index contributed by atoms with van der Waals surface area (Å²) >= 11 is 0. The number of halogens is 3. The van der Waals surface area contributed by atoms with Gasteiger partial charge in [-0.2, -0.15) is 23.4 Å². The Morgan fingerprint density at radius 2 is 1.67 bits per heavy atom. The molecule has 0 spiro atoms. The second-order valence-corrected chi connectivity index (χ2v) is 3.24. The zero-order valence-electron chi connectivity index (χ0n) is 7.62. The Morgan fingerprint density at radius 1 is 1.00 bits per heavy atom. The van der Waals surface area contributed by atoms with Crippen molar-refractivity contribution in [3.05, 3.63) is 36.2 Å². The molecule has 1 aromatic carbocycles. The number of alkyl halides is 3. The van der Waals surface area contributed by atoms with Crippen LogP contribution in [-0.4, -0.2) is 16.4 Å². The van der Waals surface area contributed by atoms with Crippen LogP contribution in [0.25, 0.3) is 10.8 Å². The summed E-state index contributed by atoms with van der Waals surface area (Å²) < 4.78 is 36.3. The number of benzene rings is 1. The smallest absolute Gasteiger partial charge is 0.171 e. The van der Waals surface area contributed by atoms with E-state index in [4.69, 9.17) is 0 Å². The summed E-state index contributed by atoms with van der Waals surface area (Å²) in [6.07, 6.45) is -2.11. The summed E-state index contributed by atoms with van der Waals surface area (Å²) in [4.78, 5) is 0. The number of hydrogen-bond acceptors (Lipinski definition) is 2. The SMILES string of the molecule is FC(F)(F)Cc1ccc2cnncc2c1. The van der Waals surface area contributed by atoms with Gasteiger partial charge in [0.15, 0.2) is 0 Å². The van der Waals surface area contributed by atoms with Crippen LogP contribution in [0, 0.1) is 0 Å². The molecule has 0 saturated carbocycles. The van der Waals surface area contributed by atoms with Gasteiger partial charge in [0.1, 0.15) is 0 Å². The molecule has 0 unspecified atom stereocenters. The molecule has 0 bridgehead atoms. The van der Waals surface area contributed by atoms with Crippen molar-refractivity contribution in [3.8, 4) is 0 Å². The standard InChI is InChI=1S/C10H7F3N2/c11-10(12,13)4-7-1-2-8-5-14-15-6-9(8)3-7/h1-3,5-6H,4H2. The molecule has 0 N–H and O–H groups in total. The summed E-state index contributed by atoms with van der Waals surface area (Å²) in [6.45, 7) is 0. The van der Waals surface area contributed by atoms with Gasteiger partial charge in [-0.05, 0) is 11.6 Å². The molecule has 0 saturated heterocycles. The average Bonchev–Trinajstić information content (AvgIpc) is 2.15. The van der Waals surface area contributed by atoms with Crippen molar-refractivity contribution in [1.29, 1.82) is 0 Å². The number of aromatic nitrogens is 2. The van der Waals surface area contributed by atoms with E-state index >= 15 is 0 Å². The topological polar surface area (TPSA) is 25.8 Å². The summed E-state index contributed by atoms with van der Waals surface area (Å²) in [5, 5.41) is 8.72. The van der Waals surface area contributed by atoms with Crippen LogP contribution >= 0.6 is 0 Å². The van der Waals surface area contributed by atoms with Crippen LogP contribution in [0.3, 0.4) is 0 Å². The third-order valence-corrected chi connectivity index (χ3v) is 2.02. The highest BCUT2D eigenvalue weighted by atomic mass is 19.4. The normalized spacial score (nSPS) is 11.9. The Kier molecular flexibility index (Phi) is 2.30.